The van der Waals surface area contributed by atoms with Crippen LogP contribution in [0.15, 0.2) is 17.2 Å². The summed E-state index contributed by atoms with van der Waals surface area (Å²) in [6.45, 7) is 1.57. The van der Waals surface area contributed by atoms with Gasteiger partial charge >= 0.3 is 0 Å². The van der Waals surface area contributed by atoms with Crippen LogP contribution in [0.5, 0.6) is 5.75 Å². The Morgan fingerprint density at radius 3 is 2.67 bits per heavy atom. The van der Waals surface area contributed by atoms with Gasteiger partial charge in [0.2, 0.25) is 0 Å². The third-order valence-electron chi connectivity index (χ3n) is 2.08. The van der Waals surface area contributed by atoms with E-state index in [0.29, 0.717) is 17.6 Å². The first kappa shape index (κ1) is 11.3. The van der Waals surface area contributed by atoms with Crippen molar-refractivity contribution in [2.24, 2.45) is 5.11 Å². The van der Waals surface area contributed by atoms with Crippen molar-refractivity contribution in [1.29, 1.82) is 5.53 Å². The van der Waals surface area contributed by atoms with E-state index in [0.717, 1.165) is 0 Å². The molecule has 0 bridgehead atoms. The molecule has 0 radical (unpaired) electrons. The van der Waals surface area contributed by atoms with Crippen molar-refractivity contribution >= 4 is 12.0 Å². The van der Waals surface area contributed by atoms with Gasteiger partial charge in [-0.25, -0.2) is 5.53 Å². The molecule has 15 heavy (non-hydrogen) atoms. The number of nitrogens with one attached hydrogen (secondary N) is 1. The highest BCUT2D eigenvalue weighted by Gasteiger charge is 2.13. The molecule has 0 heterocycles. The zero-order chi connectivity index (χ0) is 11.4. The number of methoxy groups -OCH3 is 1. The first-order valence-electron chi connectivity index (χ1n) is 4.36. The molecule has 5 nitrogen and oxygen atoms in total. The molecular weight excluding hydrogens is 196 g/mol. The van der Waals surface area contributed by atoms with Crippen molar-refractivity contribution in [1.82, 2.24) is 0 Å². The fourth-order valence-electron chi connectivity index (χ4n) is 1.30. The molecule has 1 aromatic rings. The molecular formula is C10H12N2O3. The number of rotatable bonds is 4. The van der Waals surface area contributed by atoms with Crippen LogP contribution in [-0.4, -0.2) is 18.5 Å². The highest BCUT2D eigenvalue weighted by molar-refractivity contribution is 5.84. The third kappa shape index (κ3) is 2.19. The van der Waals surface area contributed by atoms with Crippen LogP contribution in [0.1, 0.15) is 28.9 Å². The van der Waals surface area contributed by atoms with Crippen molar-refractivity contribution in [3.63, 3.8) is 0 Å². The molecule has 5 heteroatoms. The quantitative estimate of drug-likeness (QED) is 0.587. The lowest BCUT2D eigenvalue weighted by Crippen LogP contribution is -1.98. The topological polar surface area (TPSA) is 82.7 Å². The van der Waals surface area contributed by atoms with Gasteiger partial charge in [0.25, 0.3) is 0 Å². The second kappa shape index (κ2) is 4.65. The normalized spacial score (nSPS) is 11.9. The SMILES string of the molecule is COc1cc(N=N)c(C=O)cc1[C@@H](C)O. The predicted molar refractivity (Wildman–Crippen MR) is 53.8 cm³/mol. The maximum Gasteiger partial charge on any atom is 0.152 e. The summed E-state index contributed by atoms with van der Waals surface area (Å²) in [7, 11) is 1.45. The van der Waals surface area contributed by atoms with Crippen LogP contribution >= 0.6 is 0 Å². The molecule has 2 N–H and O–H groups in total. The standard InChI is InChI=1S/C10H12N2O3/c1-6(14)8-3-7(5-13)9(12-11)4-10(8)15-2/h3-6,11,14H,1-2H3/t6-/m1/s1. The molecule has 0 amide bonds. The zero-order valence-corrected chi connectivity index (χ0v) is 8.52. The minimum absolute atomic E-state index is 0.228. The van der Waals surface area contributed by atoms with Crippen LogP contribution in [0.25, 0.3) is 0 Å². The summed E-state index contributed by atoms with van der Waals surface area (Å²) in [6, 6.07) is 2.93. The first-order valence-corrected chi connectivity index (χ1v) is 4.36. The lowest BCUT2D eigenvalue weighted by molar-refractivity contribution is 0.112. The molecule has 0 spiro atoms. The Balaban J connectivity index is 3.40. The van der Waals surface area contributed by atoms with Crippen molar-refractivity contribution in [2.45, 2.75) is 13.0 Å². The highest BCUT2D eigenvalue weighted by Crippen LogP contribution is 2.32. The predicted octanol–water partition coefficient (Wildman–Crippen LogP) is 2.22. The van der Waals surface area contributed by atoms with Crippen molar-refractivity contribution in [3.8, 4) is 5.75 Å². The molecule has 80 valence electrons. The lowest BCUT2D eigenvalue weighted by Gasteiger charge is -2.12. The summed E-state index contributed by atoms with van der Waals surface area (Å²) < 4.78 is 5.03. The number of nitrogens with zero attached hydrogens (tertiary/aromatic N) is 1. The fourth-order valence-corrected chi connectivity index (χ4v) is 1.30. The largest absolute Gasteiger partial charge is 0.496 e. The van der Waals surface area contributed by atoms with E-state index in [9.17, 15) is 9.90 Å². The van der Waals surface area contributed by atoms with Gasteiger partial charge in [-0.15, -0.1) is 0 Å². The number of benzene rings is 1. The van der Waals surface area contributed by atoms with Crippen LogP contribution < -0.4 is 4.74 Å². The first-order chi connectivity index (χ1) is 7.13. The average molecular weight is 208 g/mol. The number of hydrogen-bond acceptors (Lipinski definition) is 5. The van der Waals surface area contributed by atoms with Gasteiger partial charge < -0.3 is 9.84 Å². The Hall–Kier alpha value is -1.75. The molecule has 0 unspecified atom stereocenters. The number of aldehydes is 1. The van der Waals surface area contributed by atoms with Crippen LogP contribution in [-0.2, 0) is 0 Å². The Morgan fingerprint density at radius 1 is 1.60 bits per heavy atom. The van der Waals surface area contributed by atoms with Gasteiger partial charge in [0, 0.05) is 17.2 Å². The van der Waals surface area contributed by atoms with E-state index in [1.165, 1.54) is 19.2 Å². The third-order valence-corrected chi connectivity index (χ3v) is 2.08. The van der Waals surface area contributed by atoms with E-state index >= 15 is 0 Å². The van der Waals surface area contributed by atoms with E-state index in [1.54, 1.807) is 6.92 Å². The minimum atomic E-state index is -0.738. The van der Waals surface area contributed by atoms with Gasteiger partial charge in [0.15, 0.2) is 6.29 Å². The van der Waals surface area contributed by atoms with E-state index in [2.05, 4.69) is 5.11 Å². The molecule has 0 fully saturated rings. The molecule has 1 atom stereocenters. The molecule has 0 saturated heterocycles. The lowest BCUT2D eigenvalue weighted by atomic mass is 10.0. The van der Waals surface area contributed by atoms with E-state index in [1.807, 2.05) is 0 Å². The van der Waals surface area contributed by atoms with Crippen LogP contribution in [0.2, 0.25) is 0 Å². The Labute approximate surface area is 87.2 Å². The Morgan fingerprint density at radius 2 is 2.27 bits per heavy atom. The number of carbonyl (C=O) groups is 1. The summed E-state index contributed by atoms with van der Waals surface area (Å²) in [5.41, 5.74) is 7.89. The maximum atomic E-state index is 10.7. The summed E-state index contributed by atoms with van der Waals surface area (Å²) in [4.78, 5) is 10.7. The number of aliphatic hydroxyl groups excluding tert-OH is 1. The highest BCUT2D eigenvalue weighted by atomic mass is 16.5. The van der Waals surface area contributed by atoms with Gasteiger partial charge in [-0.2, -0.15) is 5.11 Å². The smallest absolute Gasteiger partial charge is 0.152 e. The number of carbonyl (C=O) groups excluding carboxylic acids is 1. The summed E-state index contributed by atoms with van der Waals surface area (Å²) in [5.74, 6) is 0.418. The Bertz CT molecular complexity index is 388. The van der Waals surface area contributed by atoms with Gasteiger partial charge in [0.05, 0.1) is 18.9 Å². The summed E-state index contributed by atoms with van der Waals surface area (Å²) in [6.07, 6.45) is -0.142. The van der Waals surface area contributed by atoms with Gasteiger partial charge in [-0.1, -0.05) is 0 Å². The number of aliphatic hydroxyl groups is 1. The minimum Gasteiger partial charge on any atom is -0.496 e. The summed E-state index contributed by atoms with van der Waals surface area (Å²) in [5, 5.41) is 12.7. The van der Waals surface area contributed by atoms with Crippen molar-refractivity contribution in [2.75, 3.05) is 7.11 Å². The van der Waals surface area contributed by atoms with Crippen molar-refractivity contribution < 1.29 is 14.6 Å². The fraction of sp³-hybridized carbons (Fsp3) is 0.300. The molecule has 0 aromatic heterocycles. The zero-order valence-electron chi connectivity index (χ0n) is 8.52. The van der Waals surface area contributed by atoms with Gasteiger partial charge in [-0.05, 0) is 13.0 Å². The van der Waals surface area contributed by atoms with E-state index in [4.69, 9.17) is 10.3 Å². The van der Waals surface area contributed by atoms with Gasteiger partial charge in [-0.3, -0.25) is 4.79 Å². The van der Waals surface area contributed by atoms with E-state index < -0.39 is 6.10 Å². The van der Waals surface area contributed by atoms with Crippen LogP contribution in [0.4, 0.5) is 5.69 Å². The number of ether oxygens (including phenoxy) is 1. The van der Waals surface area contributed by atoms with Crippen LogP contribution in [0, 0.1) is 5.53 Å². The van der Waals surface area contributed by atoms with Gasteiger partial charge in [0.1, 0.15) is 5.75 Å². The Kier molecular flexibility index (Phi) is 3.51. The van der Waals surface area contributed by atoms with Crippen LogP contribution in [0.3, 0.4) is 0 Å². The molecule has 1 rings (SSSR count). The van der Waals surface area contributed by atoms with Crippen molar-refractivity contribution in [3.05, 3.63) is 23.3 Å². The monoisotopic (exact) mass is 208 g/mol. The number of hydrogen-bond donors (Lipinski definition) is 2. The van der Waals surface area contributed by atoms with E-state index in [-0.39, 0.29) is 11.3 Å². The second-order valence-corrected chi connectivity index (χ2v) is 3.06. The average Bonchev–Trinajstić information content (AvgIpc) is 2.26. The summed E-state index contributed by atoms with van der Waals surface area (Å²) >= 11 is 0. The molecule has 0 saturated carbocycles. The molecule has 0 aliphatic rings. The molecule has 1 aromatic carbocycles. The molecule has 0 aliphatic carbocycles. The maximum absolute atomic E-state index is 10.7. The molecule has 0 aliphatic heterocycles. The second-order valence-electron chi connectivity index (χ2n) is 3.06.